The summed E-state index contributed by atoms with van der Waals surface area (Å²) in [6.07, 6.45) is 3.84. The van der Waals surface area contributed by atoms with Gasteiger partial charge in [0.25, 0.3) is 0 Å². The Morgan fingerprint density at radius 3 is 2.52 bits per heavy atom. The maximum Gasteiger partial charge on any atom is 0.152 e. The van der Waals surface area contributed by atoms with Crippen molar-refractivity contribution < 1.29 is 8.42 Å². The van der Waals surface area contributed by atoms with Crippen molar-refractivity contribution in [1.29, 1.82) is 0 Å². The van der Waals surface area contributed by atoms with Crippen molar-refractivity contribution in [3.05, 3.63) is 16.1 Å². The highest BCUT2D eigenvalue weighted by molar-refractivity contribution is 7.91. The third-order valence-corrected chi connectivity index (χ3v) is 6.86. The van der Waals surface area contributed by atoms with E-state index in [0.717, 1.165) is 30.0 Å². The molecule has 0 aromatic carbocycles. The van der Waals surface area contributed by atoms with E-state index in [1.807, 2.05) is 0 Å². The first kappa shape index (κ1) is 16.9. The fourth-order valence-electron chi connectivity index (χ4n) is 3.30. The van der Waals surface area contributed by atoms with Gasteiger partial charge < -0.3 is 5.32 Å². The van der Waals surface area contributed by atoms with Gasteiger partial charge in [0, 0.05) is 17.7 Å². The number of nitrogens with zero attached hydrogens (tertiary/aromatic N) is 1. The van der Waals surface area contributed by atoms with Gasteiger partial charge in [0.15, 0.2) is 9.84 Å². The normalized spacial score (nSPS) is 26.9. The molecule has 0 radical (unpaired) electrons. The van der Waals surface area contributed by atoms with Crippen LogP contribution in [-0.2, 0) is 15.4 Å². The van der Waals surface area contributed by atoms with Crippen LogP contribution >= 0.6 is 11.3 Å². The van der Waals surface area contributed by atoms with E-state index >= 15 is 0 Å². The minimum atomic E-state index is -3.11. The van der Waals surface area contributed by atoms with Crippen molar-refractivity contribution in [2.45, 2.75) is 69.7 Å². The number of rotatable bonds is 5. The molecule has 2 atom stereocenters. The molecule has 1 N–H and O–H groups in total. The lowest BCUT2D eigenvalue weighted by Crippen LogP contribution is -2.53. The number of aromatic nitrogens is 1. The van der Waals surface area contributed by atoms with Crippen molar-refractivity contribution in [1.82, 2.24) is 10.3 Å². The summed E-state index contributed by atoms with van der Waals surface area (Å²) in [5, 5.41) is 6.18. The molecule has 0 bridgehead atoms. The van der Waals surface area contributed by atoms with E-state index in [9.17, 15) is 8.42 Å². The summed E-state index contributed by atoms with van der Waals surface area (Å²) in [5.74, 6) is 0.365. The lowest BCUT2D eigenvalue weighted by atomic mass is 9.96. The zero-order chi connectivity index (χ0) is 15.8. The minimum absolute atomic E-state index is 0.221. The highest BCUT2D eigenvalue weighted by Gasteiger charge is 2.51. The second kappa shape index (κ2) is 5.97. The maximum absolute atomic E-state index is 12.3. The van der Waals surface area contributed by atoms with Crippen LogP contribution in [0.1, 0.15) is 63.6 Å². The van der Waals surface area contributed by atoms with Gasteiger partial charge in [-0.05, 0) is 39.0 Å². The molecule has 4 nitrogen and oxygen atoms in total. The summed E-state index contributed by atoms with van der Waals surface area (Å²) in [6.45, 7) is 8.36. The number of hydrogen-bond donors (Lipinski definition) is 1. The van der Waals surface area contributed by atoms with Crippen LogP contribution in [0.2, 0.25) is 0 Å². The van der Waals surface area contributed by atoms with Gasteiger partial charge in [0.2, 0.25) is 0 Å². The number of thiazole rings is 1. The van der Waals surface area contributed by atoms with Gasteiger partial charge in [-0.3, -0.25) is 0 Å². The summed E-state index contributed by atoms with van der Waals surface area (Å²) < 4.78 is 24.6. The second-order valence-electron chi connectivity index (χ2n) is 6.71. The Bertz CT molecular complexity index is 593. The molecule has 120 valence electrons. The van der Waals surface area contributed by atoms with E-state index in [0.29, 0.717) is 5.92 Å². The van der Waals surface area contributed by atoms with E-state index in [1.165, 1.54) is 6.26 Å². The fourth-order valence-corrected chi connectivity index (χ4v) is 6.22. The molecule has 1 aliphatic carbocycles. The molecule has 1 saturated carbocycles. The van der Waals surface area contributed by atoms with Crippen molar-refractivity contribution in [3.63, 3.8) is 0 Å². The van der Waals surface area contributed by atoms with Crippen molar-refractivity contribution >= 4 is 21.2 Å². The average Bonchev–Trinajstić information content (AvgIpc) is 2.92. The highest BCUT2D eigenvalue weighted by atomic mass is 32.2. The lowest BCUT2D eigenvalue weighted by molar-refractivity contribution is 0.311. The standard InChI is InChI=1S/C15H26N2O2S2/c1-10(2)12-9-20-14(16-12)15(17-11(3)4)8-6-7-13(15)21(5,18)19/h9-11,13,17H,6-8H2,1-5H3. The first-order chi connectivity index (χ1) is 9.67. The predicted octanol–water partition coefficient (Wildman–Crippen LogP) is 3.06. The SMILES string of the molecule is CC(C)NC1(c2nc(C(C)C)cs2)CCCC1S(C)(=O)=O. The topological polar surface area (TPSA) is 59.1 Å². The van der Waals surface area contributed by atoms with Crippen LogP contribution in [-0.4, -0.2) is 30.9 Å². The molecule has 0 aliphatic heterocycles. The molecule has 1 aliphatic rings. The lowest BCUT2D eigenvalue weighted by Gasteiger charge is -2.35. The summed E-state index contributed by atoms with van der Waals surface area (Å²) in [7, 11) is -3.11. The molecule has 1 fully saturated rings. The van der Waals surface area contributed by atoms with Crippen LogP contribution < -0.4 is 5.32 Å². The Labute approximate surface area is 132 Å². The number of nitrogens with one attached hydrogen (secondary N) is 1. The Hall–Kier alpha value is -0.460. The molecule has 1 heterocycles. The molecule has 21 heavy (non-hydrogen) atoms. The molecule has 0 amide bonds. The zero-order valence-electron chi connectivity index (χ0n) is 13.5. The monoisotopic (exact) mass is 330 g/mol. The predicted molar refractivity (Wildman–Crippen MR) is 88.6 cm³/mol. The first-order valence-corrected chi connectivity index (χ1v) is 10.4. The van der Waals surface area contributed by atoms with Gasteiger partial charge in [-0.25, -0.2) is 13.4 Å². The fraction of sp³-hybridized carbons (Fsp3) is 0.800. The van der Waals surface area contributed by atoms with E-state index < -0.39 is 15.4 Å². The first-order valence-electron chi connectivity index (χ1n) is 7.59. The molecule has 2 unspecified atom stereocenters. The molecule has 6 heteroatoms. The Morgan fingerprint density at radius 2 is 2.05 bits per heavy atom. The van der Waals surface area contributed by atoms with Crippen LogP contribution in [0.5, 0.6) is 0 Å². The third-order valence-electron chi connectivity index (χ3n) is 4.15. The molecule has 1 aromatic heterocycles. The maximum atomic E-state index is 12.3. The molecular formula is C15H26N2O2S2. The van der Waals surface area contributed by atoms with Crippen molar-refractivity contribution in [3.8, 4) is 0 Å². The van der Waals surface area contributed by atoms with Crippen molar-refractivity contribution in [2.24, 2.45) is 0 Å². The molecule has 0 spiro atoms. The van der Waals surface area contributed by atoms with Gasteiger partial charge in [-0.2, -0.15) is 0 Å². The van der Waals surface area contributed by atoms with E-state index in [1.54, 1.807) is 11.3 Å². The van der Waals surface area contributed by atoms with Gasteiger partial charge in [-0.15, -0.1) is 11.3 Å². The Kier molecular flexibility index (Phi) is 4.81. The van der Waals surface area contributed by atoms with Gasteiger partial charge >= 0.3 is 0 Å². The van der Waals surface area contributed by atoms with Gasteiger partial charge in [0.1, 0.15) is 5.01 Å². The Morgan fingerprint density at radius 1 is 1.38 bits per heavy atom. The molecular weight excluding hydrogens is 304 g/mol. The van der Waals surface area contributed by atoms with Crippen molar-refractivity contribution in [2.75, 3.05) is 6.26 Å². The number of hydrogen-bond acceptors (Lipinski definition) is 5. The van der Waals surface area contributed by atoms with Gasteiger partial charge in [-0.1, -0.05) is 13.8 Å². The van der Waals surface area contributed by atoms with Crippen LogP contribution in [0.3, 0.4) is 0 Å². The van der Waals surface area contributed by atoms with E-state index in [4.69, 9.17) is 4.98 Å². The summed E-state index contributed by atoms with van der Waals surface area (Å²) in [4.78, 5) is 4.77. The van der Waals surface area contributed by atoms with Crippen LogP contribution in [0.25, 0.3) is 0 Å². The largest absolute Gasteiger partial charge is 0.302 e. The smallest absolute Gasteiger partial charge is 0.152 e. The van der Waals surface area contributed by atoms with Crippen LogP contribution in [0, 0.1) is 0 Å². The minimum Gasteiger partial charge on any atom is -0.302 e. The number of sulfone groups is 1. The van der Waals surface area contributed by atoms with Crippen LogP contribution in [0.15, 0.2) is 5.38 Å². The third kappa shape index (κ3) is 3.32. The summed E-state index contributed by atoms with van der Waals surface area (Å²) in [5.41, 5.74) is 0.540. The molecule has 0 saturated heterocycles. The van der Waals surface area contributed by atoms with Crippen LogP contribution in [0.4, 0.5) is 0 Å². The Balaban J connectivity index is 2.50. The second-order valence-corrected chi connectivity index (χ2v) is 9.80. The molecule has 1 aromatic rings. The molecule has 2 rings (SSSR count). The highest BCUT2D eigenvalue weighted by Crippen LogP contribution is 2.44. The average molecular weight is 331 g/mol. The van der Waals surface area contributed by atoms with Gasteiger partial charge in [0.05, 0.1) is 16.5 Å². The summed E-state index contributed by atoms with van der Waals surface area (Å²) in [6, 6.07) is 0.221. The van der Waals surface area contributed by atoms with E-state index in [-0.39, 0.29) is 11.3 Å². The summed E-state index contributed by atoms with van der Waals surface area (Å²) >= 11 is 1.60. The quantitative estimate of drug-likeness (QED) is 0.901. The zero-order valence-corrected chi connectivity index (χ0v) is 15.1. The van der Waals surface area contributed by atoms with E-state index in [2.05, 4.69) is 38.4 Å².